The van der Waals surface area contributed by atoms with E-state index in [4.69, 9.17) is 4.42 Å². The first-order valence-corrected chi connectivity index (χ1v) is 6.81. The highest BCUT2D eigenvalue weighted by atomic mass is 32.2. The van der Waals surface area contributed by atoms with E-state index >= 15 is 0 Å². The van der Waals surface area contributed by atoms with Gasteiger partial charge in [0.1, 0.15) is 22.9 Å². The zero-order valence-electron chi connectivity index (χ0n) is 10.9. The molecule has 18 heavy (non-hydrogen) atoms. The lowest BCUT2D eigenvalue weighted by molar-refractivity contribution is 0.527. The molecule has 0 aliphatic rings. The van der Waals surface area contributed by atoms with Gasteiger partial charge in [-0.2, -0.15) is 0 Å². The molecule has 0 radical (unpaired) electrons. The first-order valence-electron chi connectivity index (χ1n) is 5.99. The van der Waals surface area contributed by atoms with Crippen molar-refractivity contribution in [3.63, 3.8) is 0 Å². The smallest absolute Gasteiger partial charge is 0.133 e. The van der Waals surface area contributed by atoms with Crippen LogP contribution in [0.4, 0.5) is 5.82 Å². The lowest BCUT2D eigenvalue weighted by Crippen LogP contribution is -2.02. The number of anilines is 1. The summed E-state index contributed by atoms with van der Waals surface area (Å²) in [4.78, 5) is 9.77. The van der Waals surface area contributed by atoms with E-state index in [0.29, 0.717) is 0 Å². The molecule has 0 aliphatic heterocycles. The van der Waals surface area contributed by atoms with E-state index in [9.17, 15) is 0 Å². The Bertz CT molecular complexity index is 525. The molecular formula is C13H17N3OS. The van der Waals surface area contributed by atoms with Crippen LogP contribution in [0, 0.1) is 6.92 Å². The molecule has 4 nitrogen and oxygen atoms in total. The van der Waals surface area contributed by atoms with Gasteiger partial charge in [0.25, 0.3) is 0 Å². The molecule has 0 spiro atoms. The molecular weight excluding hydrogens is 246 g/mol. The Morgan fingerprint density at radius 3 is 2.83 bits per heavy atom. The second-order valence-corrected chi connectivity index (χ2v) is 4.98. The molecule has 0 bridgehead atoms. The highest BCUT2D eigenvalue weighted by Gasteiger charge is 2.13. The summed E-state index contributed by atoms with van der Waals surface area (Å²) in [5.41, 5.74) is 1.17. The molecule has 2 aromatic rings. The van der Waals surface area contributed by atoms with E-state index in [0.717, 1.165) is 34.3 Å². The lowest BCUT2D eigenvalue weighted by atomic mass is 10.2. The minimum Gasteiger partial charge on any atom is -0.468 e. The second-order valence-electron chi connectivity index (χ2n) is 3.95. The van der Waals surface area contributed by atoms with Gasteiger partial charge < -0.3 is 9.73 Å². The van der Waals surface area contributed by atoms with Crippen LogP contribution in [0.25, 0.3) is 0 Å². The Balaban J connectivity index is 2.34. The summed E-state index contributed by atoms with van der Waals surface area (Å²) < 4.78 is 5.31. The number of aryl methyl sites for hydroxylation is 1. The van der Waals surface area contributed by atoms with E-state index in [2.05, 4.69) is 22.2 Å². The number of aromatic nitrogens is 2. The summed E-state index contributed by atoms with van der Waals surface area (Å²) in [5, 5.41) is 4.13. The summed E-state index contributed by atoms with van der Waals surface area (Å²) in [5.74, 6) is 1.84. The molecule has 0 fully saturated rings. The summed E-state index contributed by atoms with van der Waals surface area (Å²) in [7, 11) is 1.89. The molecule has 0 saturated heterocycles. The molecule has 2 aromatic heterocycles. The van der Waals surface area contributed by atoms with Crippen LogP contribution in [-0.2, 0) is 6.42 Å². The van der Waals surface area contributed by atoms with Crippen molar-refractivity contribution in [1.29, 1.82) is 0 Å². The lowest BCUT2D eigenvalue weighted by Gasteiger charge is -2.11. The molecule has 96 valence electrons. The summed E-state index contributed by atoms with van der Waals surface area (Å²) in [6, 6.07) is 1.97. The van der Waals surface area contributed by atoms with Gasteiger partial charge in [0.05, 0.1) is 11.2 Å². The molecule has 0 atom stereocenters. The largest absolute Gasteiger partial charge is 0.468 e. The highest BCUT2D eigenvalue weighted by molar-refractivity contribution is 7.99. The van der Waals surface area contributed by atoms with Crippen molar-refractivity contribution in [2.45, 2.75) is 36.6 Å². The van der Waals surface area contributed by atoms with Gasteiger partial charge in [0.15, 0.2) is 0 Å². The minimum atomic E-state index is 0.912. The topological polar surface area (TPSA) is 51.0 Å². The van der Waals surface area contributed by atoms with Crippen LogP contribution in [0.3, 0.4) is 0 Å². The van der Waals surface area contributed by atoms with Gasteiger partial charge in [0, 0.05) is 12.6 Å². The van der Waals surface area contributed by atoms with Gasteiger partial charge in [-0.15, -0.1) is 0 Å². The van der Waals surface area contributed by atoms with Gasteiger partial charge >= 0.3 is 0 Å². The maximum Gasteiger partial charge on any atom is 0.133 e. The number of nitrogens with zero attached hydrogens (tertiary/aromatic N) is 2. The van der Waals surface area contributed by atoms with E-state index in [1.165, 1.54) is 5.56 Å². The van der Waals surface area contributed by atoms with E-state index in [-0.39, 0.29) is 0 Å². The first-order chi connectivity index (χ1) is 8.76. The van der Waals surface area contributed by atoms with Crippen LogP contribution < -0.4 is 5.32 Å². The number of furan rings is 1. The molecule has 1 N–H and O–H groups in total. The summed E-state index contributed by atoms with van der Waals surface area (Å²) in [6.45, 7) is 4.12. The van der Waals surface area contributed by atoms with Crippen molar-refractivity contribution in [2.24, 2.45) is 0 Å². The maximum absolute atomic E-state index is 5.31. The molecule has 0 saturated carbocycles. The van der Waals surface area contributed by atoms with Crippen molar-refractivity contribution in [1.82, 2.24) is 9.97 Å². The minimum absolute atomic E-state index is 0.912. The monoisotopic (exact) mass is 263 g/mol. The number of hydrogen-bond acceptors (Lipinski definition) is 5. The fourth-order valence-corrected chi connectivity index (χ4v) is 2.70. The Labute approximate surface area is 111 Å². The van der Waals surface area contributed by atoms with Gasteiger partial charge in [0.2, 0.25) is 0 Å². The van der Waals surface area contributed by atoms with Crippen LogP contribution in [-0.4, -0.2) is 17.0 Å². The Morgan fingerprint density at radius 2 is 2.22 bits per heavy atom. The van der Waals surface area contributed by atoms with Crippen LogP contribution in [0.15, 0.2) is 33.0 Å². The fourth-order valence-electron chi connectivity index (χ4n) is 1.76. The van der Waals surface area contributed by atoms with Crippen LogP contribution in [0.5, 0.6) is 0 Å². The average molecular weight is 263 g/mol. The van der Waals surface area contributed by atoms with E-state index < -0.39 is 0 Å². The number of nitrogens with one attached hydrogen (secondary N) is 1. The quantitative estimate of drug-likeness (QED) is 0.836. The summed E-state index contributed by atoms with van der Waals surface area (Å²) >= 11 is 1.63. The van der Waals surface area contributed by atoms with Gasteiger partial charge in [-0.1, -0.05) is 25.1 Å². The molecule has 2 heterocycles. The second kappa shape index (κ2) is 5.91. The fraction of sp³-hybridized carbons (Fsp3) is 0.385. The van der Waals surface area contributed by atoms with Crippen molar-refractivity contribution in [2.75, 3.05) is 12.4 Å². The molecule has 5 heteroatoms. The predicted molar refractivity (Wildman–Crippen MR) is 73.1 cm³/mol. The average Bonchev–Trinajstić information content (AvgIpc) is 2.77. The predicted octanol–water partition coefficient (Wildman–Crippen LogP) is 3.52. The molecule has 0 aromatic carbocycles. The SMILES string of the molecule is CCCc1c(NC)ncnc1Sc1ccoc1C. The third-order valence-corrected chi connectivity index (χ3v) is 3.85. The zero-order chi connectivity index (χ0) is 13.0. The van der Waals surface area contributed by atoms with Crippen LogP contribution >= 0.6 is 11.8 Å². The number of rotatable bonds is 5. The van der Waals surface area contributed by atoms with Crippen molar-refractivity contribution >= 4 is 17.6 Å². The maximum atomic E-state index is 5.31. The standard InChI is InChI=1S/C13H17N3OS/c1-4-5-10-12(14-3)15-8-16-13(10)18-11-6-7-17-9(11)2/h6-8H,4-5H2,1-3H3,(H,14,15,16). The highest BCUT2D eigenvalue weighted by Crippen LogP contribution is 2.34. The van der Waals surface area contributed by atoms with Gasteiger partial charge in [-0.3, -0.25) is 0 Å². The number of hydrogen-bond donors (Lipinski definition) is 1. The summed E-state index contributed by atoms with van der Waals surface area (Å²) in [6.07, 6.45) is 5.34. The third kappa shape index (κ3) is 2.67. The van der Waals surface area contributed by atoms with E-state index in [1.54, 1.807) is 24.4 Å². The Hall–Kier alpha value is -1.49. The Kier molecular flexibility index (Phi) is 4.25. The van der Waals surface area contributed by atoms with Gasteiger partial charge in [-0.25, -0.2) is 9.97 Å². The van der Waals surface area contributed by atoms with Crippen molar-refractivity contribution in [3.05, 3.63) is 30.0 Å². The van der Waals surface area contributed by atoms with Crippen LogP contribution in [0.1, 0.15) is 24.7 Å². The van der Waals surface area contributed by atoms with E-state index in [1.807, 2.05) is 20.0 Å². The van der Waals surface area contributed by atoms with Crippen molar-refractivity contribution in [3.8, 4) is 0 Å². The van der Waals surface area contributed by atoms with Crippen molar-refractivity contribution < 1.29 is 4.42 Å². The first kappa shape index (κ1) is 13.0. The normalized spacial score (nSPS) is 10.6. The third-order valence-electron chi connectivity index (χ3n) is 2.66. The van der Waals surface area contributed by atoms with Crippen LogP contribution in [0.2, 0.25) is 0 Å². The molecule has 0 amide bonds. The molecule has 0 aliphatic carbocycles. The van der Waals surface area contributed by atoms with Gasteiger partial charge in [-0.05, 0) is 19.4 Å². The molecule has 0 unspecified atom stereocenters. The Morgan fingerprint density at radius 1 is 1.39 bits per heavy atom. The zero-order valence-corrected chi connectivity index (χ0v) is 11.7. The molecule has 2 rings (SSSR count).